The third-order valence-corrected chi connectivity index (χ3v) is 1.09. The van der Waals surface area contributed by atoms with E-state index in [0.717, 1.165) is 5.55 Å². The monoisotopic (exact) mass is 156 g/mol. The van der Waals surface area contributed by atoms with E-state index in [-0.39, 0.29) is 5.82 Å². The smallest absolute Gasteiger partial charge is 0.154 e. The Morgan fingerprint density at radius 3 is 2.40 bits per heavy atom. The Labute approximate surface area is 63.4 Å². The average molecular weight is 156 g/mol. The first-order chi connectivity index (χ1) is 4.83. The lowest BCUT2D eigenvalue weighted by Gasteiger charge is -1.95. The second-order valence-electron chi connectivity index (χ2n) is 1.67. The zero-order chi connectivity index (χ0) is 7.40. The van der Waals surface area contributed by atoms with Crippen molar-refractivity contribution in [2.75, 3.05) is 0 Å². The summed E-state index contributed by atoms with van der Waals surface area (Å²) in [5, 5.41) is 0. The van der Waals surface area contributed by atoms with Crippen LogP contribution in [0, 0.1) is 5.82 Å². The standard InChI is InChI=1S/C7H5FOS/c8-6-1-3-7(4-2-6)9-5-10/h1-5H. The van der Waals surface area contributed by atoms with E-state index in [0.29, 0.717) is 5.75 Å². The van der Waals surface area contributed by atoms with E-state index in [1.165, 1.54) is 24.3 Å². The largest absolute Gasteiger partial charge is 0.454 e. The fourth-order valence-corrected chi connectivity index (χ4v) is 0.680. The fourth-order valence-electron chi connectivity index (χ4n) is 0.569. The van der Waals surface area contributed by atoms with Gasteiger partial charge in [-0.25, -0.2) is 4.39 Å². The molecule has 0 fully saturated rings. The van der Waals surface area contributed by atoms with Gasteiger partial charge in [0.15, 0.2) is 5.55 Å². The van der Waals surface area contributed by atoms with Crippen molar-refractivity contribution in [1.82, 2.24) is 0 Å². The van der Waals surface area contributed by atoms with E-state index in [1.807, 2.05) is 0 Å². The summed E-state index contributed by atoms with van der Waals surface area (Å²) in [5.41, 5.74) is 1.13. The maximum absolute atomic E-state index is 12.2. The van der Waals surface area contributed by atoms with Crippen molar-refractivity contribution in [1.29, 1.82) is 0 Å². The molecule has 10 heavy (non-hydrogen) atoms. The molecule has 52 valence electrons. The van der Waals surface area contributed by atoms with Crippen LogP contribution >= 0.6 is 12.2 Å². The number of benzene rings is 1. The highest BCUT2D eigenvalue weighted by Gasteiger charge is 1.90. The summed E-state index contributed by atoms with van der Waals surface area (Å²) in [7, 11) is 0. The summed E-state index contributed by atoms with van der Waals surface area (Å²) in [6, 6.07) is 5.65. The van der Waals surface area contributed by atoms with Gasteiger partial charge in [-0.2, -0.15) is 0 Å². The van der Waals surface area contributed by atoms with Crippen molar-refractivity contribution < 1.29 is 9.13 Å². The second kappa shape index (κ2) is 3.27. The molecule has 0 saturated heterocycles. The number of ether oxygens (including phenoxy) is 1. The summed E-state index contributed by atoms with van der Waals surface area (Å²) in [4.78, 5) is 0. The zero-order valence-electron chi connectivity index (χ0n) is 5.08. The summed E-state index contributed by atoms with van der Waals surface area (Å²) >= 11 is 4.43. The highest BCUT2D eigenvalue weighted by Crippen LogP contribution is 2.09. The highest BCUT2D eigenvalue weighted by molar-refractivity contribution is 7.78. The first kappa shape index (κ1) is 7.15. The van der Waals surface area contributed by atoms with Crippen molar-refractivity contribution in [2.45, 2.75) is 0 Å². The summed E-state index contributed by atoms with van der Waals surface area (Å²) in [6.07, 6.45) is 0. The third kappa shape index (κ3) is 1.77. The zero-order valence-corrected chi connectivity index (χ0v) is 5.90. The van der Waals surface area contributed by atoms with Crippen LogP contribution in [0.2, 0.25) is 0 Å². The molecule has 0 N–H and O–H groups in total. The van der Waals surface area contributed by atoms with Crippen molar-refractivity contribution in [3.05, 3.63) is 30.1 Å². The van der Waals surface area contributed by atoms with Gasteiger partial charge in [-0.15, -0.1) is 0 Å². The van der Waals surface area contributed by atoms with Gasteiger partial charge >= 0.3 is 0 Å². The molecule has 0 aliphatic heterocycles. The lowest BCUT2D eigenvalue weighted by Crippen LogP contribution is -1.85. The highest BCUT2D eigenvalue weighted by atomic mass is 32.1. The molecule has 0 aromatic heterocycles. The molecule has 1 rings (SSSR count). The van der Waals surface area contributed by atoms with Crippen LogP contribution in [0.5, 0.6) is 5.75 Å². The summed E-state index contributed by atoms with van der Waals surface area (Å²) in [6.45, 7) is 0. The van der Waals surface area contributed by atoms with Crippen LogP contribution in [-0.4, -0.2) is 5.55 Å². The van der Waals surface area contributed by atoms with Crippen molar-refractivity contribution in [3.8, 4) is 5.75 Å². The molecule has 3 heteroatoms. The van der Waals surface area contributed by atoms with Gasteiger partial charge < -0.3 is 4.74 Å². The van der Waals surface area contributed by atoms with Crippen LogP contribution in [0.4, 0.5) is 4.39 Å². The number of hydrogen-bond donors (Lipinski definition) is 0. The van der Waals surface area contributed by atoms with Crippen LogP contribution in [0.25, 0.3) is 0 Å². The molecule has 0 heterocycles. The van der Waals surface area contributed by atoms with Gasteiger partial charge in [0, 0.05) is 0 Å². The van der Waals surface area contributed by atoms with E-state index in [1.54, 1.807) is 0 Å². The van der Waals surface area contributed by atoms with Gasteiger partial charge in [-0.05, 0) is 36.5 Å². The van der Waals surface area contributed by atoms with Crippen molar-refractivity contribution >= 4 is 17.8 Å². The Morgan fingerprint density at radius 1 is 1.30 bits per heavy atom. The minimum atomic E-state index is -0.281. The Bertz CT molecular complexity index is 220. The van der Waals surface area contributed by atoms with Gasteiger partial charge in [0.1, 0.15) is 11.6 Å². The van der Waals surface area contributed by atoms with Gasteiger partial charge in [0.2, 0.25) is 0 Å². The summed E-state index contributed by atoms with van der Waals surface area (Å²) < 4.78 is 17.0. The molecular weight excluding hydrogens is 151 g/mol. The first-order valence-electron chi connectivity index (χ1n) is 2.69. The Hall–Kier alpha value is -0.960. The molecule has 1 aromatic rings. The van der Waals surface area contributed by atoms with Gasteiger partial charge in [0.25, 0.3) is 0 Å². The SMILES string of the molecule is Fc1ccc(OC=S)cc1. The van der Waals surface area contributed by atoms with Gasteiger partial charge in [-0.3, -0.25) is 0 Å². The van der Waals surface area contributed by atoms with Crippen molar-refractivity contribution in [2.24, 2.45) is 0 Å². The average Bonchev–Trinajstić information content (AvgIpc) is 1.95. The normalized spacial score (nSPS) is 8.90. The molecule has 0 amide bonds. The molecule has 0 spiro atoms. The van der Waals surface area contributed by atoms with Crippen LogP contribution in [0.1, 0.15) is 0 Å². The van der Waals surface area contributed by atoms with Crippen LogP contribution in [-0.2, 0) is 0 Å². The Morgan fingerprint density at radius 2 is 1.90 bits per heavy atom. The van der Waals surface area contributed by atoms with Gasteiger partial charge in [0.05, 0.1) is 0 Å². The fraction of sp³-hybridized carbons (Fsp3) is 0. The quantitative estimate of drug-likeness (QED) is 0.607. The number of thiocarbonyl (C=S) groups is 1. The number of rotatable bonds is 2. The first-order valence-corrected chi connectivity index (χ1v) is 3.16. The minimum absolute atomic E-state index is 0.281. The predicted molar refractivity (Wildman–Crippen MR) is 40.7 cm³/mol. The van der Waals surface area contributed by atoms with E-state index < -0.39 is 0 Å². The Balaban J connectivity index is 2.78. The molecule has 0 atom stereocenters. The summed E-state index contributed by atoms with van der Waals surface area (Å²) in [5.74, 6) is 0.271. The molecule has 0 saturated carbocycles. The lowest BCUT2D eigenvalue weighted by atomic mass is 10.3. The third-order valence-electron chi connectivity index (χ3n) is 0.998. The minimum Gasteiger partial charge on any atom is -0.454 e. The van der Waals surface area contributed by atoms with Gasteiger partial charge in [-0.1, -0.05) is 0 Å². The maximum Gasteiger partial charge on any atom is 0.154 e. The second-order valence-corrected chi connectivity index (χ2v) is 1.86. The van der Waals surface area contributed by atoms with E-state index in [4.69, 9.17) is 4.74 Å². The molecule has 1 nitrogen and oxygen atoms in total. The van der Waals surface area contributed by atoms with Crippen LogP contribution < -0.4 is 4.74 Å². The van der Waals surface area contributed by atoms with Crippen LogP contribution in [0.15, 0.2) is 24.3 Å². The van der Waals surface area contributed by atoms with Crippen LogP contribution in [0.3, 0.4) is 0 Å². The molecule has 0 unspecified atom stereocenters. The predicted octanol–water partition coefficient (Wildman–Crippen LogP) is 2.16. The van der Waals surface area contributed by atoms with E-state index in [9.17, 15) is 4.39 Å². The van der Waals surface area contributed by atoms with Crippen molar-refractivity contribution in [3.63, 3.8) is 0 Å². The topological polar surface area (TPSA) is 9.23 Å². The van der Waals surface area contributed by atoms with E-state index in [2.05, 4.69) is 12.2 Å². The molecule has 0 bridgehead atoms. The molecule has 0 aliphatic carbocycles. The van der Waals surface area contributed by atoms with E-state index >= 15 is 0 Å². The lowest BCUT2D eigenvalue weighted by molar-refractivity contribution is 0.577. The number of hydrogen-bond acceptors (Lipinski definition) is 2. The maximum atomic E-state index is 12.2. The molecule has 0 radical (unpaired) electrons. The molecule has 0 aliphatic rings. The number of halogens is 1. The molecule has 1 aromatic carbocycles. The molecular formula is C7H5FOS. The Kier molecular flexibility index (Phi) is 2.34.